The Hall–Kier alpha value is -9.03. The van der Waals surface area contributed by atoms with Gasteiger partial charge in [-0.1, -0.05) is 137 Å². The predicted octanol–water partition coefficient (Wildman–Crippen LogP) is 12.9. The number of carbonyl (C=O) groups is 5. The van der Waals surface area contributed by atoms with Gasteiger partial charge in [0.05, 0.1) is 0 Å². The summed E-state index contributed by atoms with van der Waals surface area (Å²) in [5, 5.41) is 0. The highest BCUT2D eigenvalue weighted by molar-refractivity contribution is 5.90. The van der Waals surface area contributed by atoms with Crippen LogP contribution in [0.3, 0.4) is 0 Å². The first-order valence-corrected chi connectivity index (χ1v) is 20.5. The summed E-state index contributed by atoms with van der Waals surface area (Å²) < 4.78 is 50.0. The summed E-state index contributed by atoms with van der Waals surface area (Å²) in [6.45, 7) is 23.5. The molecule has 0 aromatic heterocycles. The zero-order chi connectivity index (χ0) is 49.8. The number of benzene rings is 6. The Morgan fingerprint density at radius 3 is 0.941 bits per heavy atom. The van der Waals surface area contributed by atoms with E-state index in [0.29, 0.717) is 34.8 Å². The first-order chi connectivity index (χ1) is 32.5. The fourth-order valence-electron chi connectivity index (χ4n) is 5.39. The third-order valence-electron chi connectivity index (χ3n) is 9.15. The van der Waals surface area contributed by atoms with E-state index in [-0.39, 0.29) is 11.5 Å². The number of hydrogen-bond donors (Lipinski definition) is 0. The van der Waals surface area contributed by atoms with Crippen LogP contribution in [-0.2, 0) is 24.0 Å². The standard InChI is InChI=1S/C20H18O4.C18H12F2O4.C18H16O2/c1-4-14(3)20(22)24-18-12-8-16(9-13-18)15-6-10-17(11-7-15)23-19(21)5-2;1-11(19)17(21)23-15-7-3-13(4-8-15)14-5-9-16(10-6-14)24-18(22)12(2)20;1-4-14-5-7-15(8-6-14)16-9-11-17(12-10-16)20-18(19)13(2)3/h5-13H,2-4H2,1H3;3-10H,1-2H2;4-12H,1-2H2,3H3. The van der Waals surface area contributed by atoms with Crippen molar-refractivity contribution in [3.63, 3.8) is 0 Å². The van der Waals surface area contributed by atoms with Crippen LogP contribution >= 0.6 is 0 Å². The van der Waals surface area contributed by atoms with Crippen LogP contribution in [0.4, 0.5) is 8.78 Å². The summed E-state index contributed by atoms with van der Waals surface area (Å²) in [7, 11) is 0. The fourth-order valence-corrected chi connectivity index (χ4v) is 5.39. The van der Waals surface area contributed by atoms with E-state index in [1.807, 2.05) is 73.7 Å². The van der Waals surface area contributed by atoms with Crippen molar-refractivity contribution in [1.29, 1.82) is 0 Å². The highest BCUT2D eigenvalue weighted by Gasteiger charge is 2.12. The van der Waals surface area contributed by atoms with Crippen molar-refractivity contribution in [2.75, 3.05) is 0 Å². The zero-order valence-corrected chi connectivity index (χ0v) is 37.3. The van der Waals surface area contributed by atoms with E-state index < -0.39 is 41.5 Å². The van der Waals surface area contributed by atoms with E-state index in [1.54, 1.807) is 67.6 Å². The zero-order valence-electron chi connectivity index (χ0n) is 37.3. The molecule has 6 aromatic carbocycles. The molecule has 344 valence electrons. The largest absolute Gasteiger partial charge is 0.423 e. The minimum absolute atomic E-state index is 0.176. The van der Waals surface area contributed by atoms with Gasteiger partial charge in [-0.3, -0.25) is 0 Å². The lowest BCUT2D eigenvalue weighted by molar-refractivity contribution is -0.132. The number of rotatable bonds is 15. The molecule has 68 heavy (non-hydrogen) atoms. The Morgan fingerprint density at radius 1 is 0.426 bits per heavy atom. The van der Waals surface area contributed by atoms with Crippen molar-refractivity contribution in [2.24, 2.45) is 0 Å². The normalized spacial score (nSPS) is 9.88. The maximum absolute atomic E-state index is 12.6. The van der Waals surface area contributed by atoms with E-state index in [1.165, 1.54) is 24.3 Å². The topological polar surface area (TPSA) is 132 Å². The smallest absolute Gasteiger partial charge is 0.371 e. The summed E-state index contributed by atoms with van der Waals surface area (Å²) >= 11 is 0. The number of carbonyl (C=O) groups excluding carboxylic acids is 5. The Labute approximate surface area is 393 Å². The number of hydrogen-bond acceptors (Lipinski definition) is 10. The van der Waals surface area contributed by atoms with E-state index in [4.69, 9.17) is 23.7 Å². The van der Waals surface area contributed by atoms with E-state index >= 15 is 0 Å². The highest BCUT2D eigenvalue weighted by atomic mass is 19.1. The first-order valence-electron chi connectivity index (χ1n) is 20.5. The van der Waals surface area contributed by atoms with Crippen LogP contribution in [0, 0.1) is 0 Å². The van der Waals surface area contributed by atoms with Gasteiger partial charge in [-0.15, -0.1) is 0 Å². The van der Waals surface area contributed by atoms with Gasteiger partial charge in [0.15, 0.2) is 0 Å². The maximum atomic E-state index is 12.6. The second-order valence-electron chi connectivity index (χ2n) is 14.2. The van der Waals surface area contributed by atoms with Crippen LogP contribution < -0.4 is 23.7 Å². The number of halogens is 2. The molecule has 0 aliphatic carbocycles. The average molecular weight is 917 g/mol. The van der Waals surface area contributed by atoms with Crippen LogP contribution in [0.1, 0.15) is 25.8 Å². The molecule has 0 saturated carbocycles. The molecular formula is C56H46F2O10. The molecular weight excluding hydrogens is 871 g/mol. The van der Waals surface area contributed by atoms with Gasteiger partial charge in [0.1, 0.15) is 28.7 Å². The van der Waals surface area contributed by atoms with Crippen molar-refractivity contribution in [2.45, 2.75) is 20.3 Å². The third-order valence-corrected chi connectivity index (χ3v) is 9.15. The molecule has 0 radical (unpaired) electrons. The number of ether oxygens (including phenoxy) is 5. The van der Waals surface area contributed by atoms with Crippen LogP contribution in [0.5, 0.6) is 28.7 Å². The summed E-state index contributed by atoms with van der Waals surface area (Å²) in [5.74, 6) is -4.20. The van der Waals surface area contributed by atoms with Crippen molar-refractivity contribution >= 4 is 35.9 Å². The summed E-state index contributed by atoms with van der Waals surface area (Å²) in [4.78, 5) is 56.4. The molecule has 10 nitrogen and oxygen atoms in total. The second-order valence-corrected chi connectivity index (χ2v) is 14.2. The average Bonchev–Trinajstić information content (AvgIpc) is 3.35. The molecule has 0 heterocycles. The lowest BCUT2D eigenvalue weighted by Crippen LogP contribution is -2.09. The molecule has 0 unspecified atom stereocenters. The first kappa shape index (κ1) is 51.6. The SMILES string of the molecule is C=C(F)C(=O)Oc1ccc(-c2ccc(OC(=O)C(=C)F)cc2)cc1.C=CC(=O)Oc1ccc(-c2ccc(OC(=O)C(=C)CC)cc2)cc1.C=Cc1ccc(-c2ccc(OC(=O)C(=C)C)cc2)cc1. The Bertz CT molecular complexity index is 2740. The lowest BCUT2D eigenvalue weighted by atomic mass is 10.0. The molecule has 6 aromatic rings. The van der Waals surface area contributed by atoms with Gasteiger partial charge in [-0.25, -0.2) is 24.0 Å². The molecule has 0 aliphatic heterocycles. The second kappa shape index (κ2) is 25.5. The molecule has 0 aliphatic rings. The van der Waals surface area contributed by atoms with Crippen molar-refractivity contribution < 1.29 is 56.4 Å². The van der Waals surface area contributed by atoms with E-state index in [9.17, 15) is 32.8 Å². The van der Waals surface area contributed by atoms with Crippen LogP contribution in [0.2, 0.25) is 0 Å². The molecule has 0 bridgehead atoms. The molecule has 0 N–H and O–H groups in total. The van der Waals surface area contributed by atoms with Gasteiger partial charge in [-0.2, -0.15) is 8.78 Å². The Morgan fingerprint density at radius 2 is 0.691 bits per heavy atom. The monoisotopic (exact) mass is 916 g/mol. The van der Waals surface area contributed by atoms with E-state index in [0.717, 1.165) is 45.0 Å². The van der Waals surface area contributed by atoms with Crippen LogP contribution in [0.15, 0.2) is 214 Å². The van der Waals surface area contributed by atoms with Crippen LogP contribution in [0.25, 0.3) is 39.5 Å². The molecule has 0 saturated heterocycles. The summed E-state index contributed by atoms with van der Waals surface area (Å²) in [6.07, 6.45) is 3.48. The Kier molecular flexibility index (Phi) is 19.3. The molecule has 0 spiro atoms. The molecule has 6 rings (SSSR count). The van der Waals surface area contributed by atoms with Crippen molar-refractivity contribution in [3.8, 4) is 62.1 Å². The van der Waals surface area contributed by atoms with Gasteiger partial charge in [0.2, 0.25) is 11.7 Å². The summed E-state index contributed by atoms with van der Waals surface area (Å²) in [6, 6.07) is 42.3. The minimum atomic E-state index is -1.18. The van der Waals surface area contributed by atoms with Gasteiger partial charge < -0.3 is 23.7 Å². The molecule has 12 heteroatoms. The quantitative estimate of drug-likeness (QED) is 0.0557. The lowest BCUT2D eigenvalue weighted by Gasteiger charge is -2.07. The number of esters is 5. The highest BCUT2D eigenvalue weighted by Crippen LogP contribution is 2.28. The van der Waals surface area contributed by atoms with Crippen molar-refractivity contribution in [1.82, 2.24) is 0 Å². The predicted molar refractivity (Wildman–Crippen MR) is 259 cm³/mol. The van der Waals surface area contributed by atoms with Gasteiger partial charge in [0, 0.05) is 17.2 Å². The fraction of sp³-hybridized carbons (Fsp3) is 0.0536. The van der Waals surface area contributed by atoms with Crippen LogP contribution in [-0.4, -0.2) is 29.8 Å². The van der Waals surface area contributed by atoms with Crippen molar-refractivity contribution in [3.05, 3.63) is 220 Å². The molecule has 0 fully saturated rings. The van der Waals surface area contributed by atoms with Gasteiger partial charge in [0.25, 0.3) is 0 Å². The minimum Gasteiger partial charge on any atom is -0.423 e. The summed E-state index contributed by atoms with van der Waals surface area (Å²) in [5.41, 5.74) is 7.53. The molecule has 0 amide bonds. The van der Waals surface area contributed by atoms with Gasteiger partial charge >= 0.3 is 29.8 Å². The molecule has 0 atom stereocenters. The maximum Gasteiger partial charge on any atom is 0.371 e. The third kappa shape index (κ3) is 16.2. The van der Waals surface area contributed by atoms with E-state index in [2.05, 4.69) is 39.5 Å². The Balaban J connectivity index is 0.000000223. The van der Waals surface area contributed by atoms with Gasteiger partial charge in [-0.05, 0) is 113 Å².